The third kappa shape index (κ3) is 8.84. The van der Waals surface area contributed by atoms with E-state index < -0.39 is 12.7 Å². The van der Waals surface area contributed by atoms with Crippen LogP contribution in [0.5, 0.6) is 5.75 Å². The van der Waals surface area contributed by atoms with E-state index in [4.69, 9.17) is 14.6 Å². The van der Waals surface area contributed by atoms with Crippen LogP contribution in [-0.4, -0.2) is 79.7 Å². The highest BCUT2D eigenvalue weighted by Gasteiger charge is 2.30. The fourth-order valence-corrected chi connectivity index (χ4v) is 4.88. The number of aldehydes is 1. The minimum absolute atomic E-state index is 0.267. The number of nitrogens with one attached hydrogen (secondary N) is 2. The van der Waals surface area contributed by atoms with Crippen LogP contribution in [0.15, 0.2) is 47.4 Å². The molecule has 0 radical (unpaired) electrons. The topological polar surface area (TPSA) is 78.8 Å². The van der Waals surface area contributed by atoms with Gasteiger partial charge < -0.3 is 34.7 Å². The zero-order chi connectivity index (χ0) is 29.1. The average molecular weight is 577 g/mol. The summed E-state index contributed by atoms with van der Waals surface area (Å²) in [4.78, 5) is 12.3. The minimum Gasteiger partial charge on any atom is -0.495 e. The van der Waals surface area contributed by atoms with Crippen LogP contribution in [0.3, 0.4) is 0 Å². The number of ether oxygens (including phenoxy) is 1. The Bertz CT molecular complexity index is 1330. The molecule has 40 heavy (non-hydrogen) atoms. The van der Waals surface area contributed by atoms with E-state index in [-0.39, 0.29) is 13.2 Å². The van der Waals surface area contributed by atoms with Gasteiger partial charge in [0.1, 0.15) is 18.6 Å². The lowest BCUT2D eigenvalue weighted by atomic mass is 10.0. The first-order valence-electron chi connectivity index (χ1n) is 12.8. The molecule has 0 saturated carbocycles. The normalized spacial score (nSPS) is 14.1. The second-order valence-corrected chi connectivity index (χ2v) is 10.1. The summed E-state index contributed by atoms with van der Waals surface area (Å²) in [7, 11) is 3.70. The van der Waals surface area contributed by atoms with Gasteiger partial charge in [0.2, 0.25) is 0 Å². The summed E-state index contributed by atoms with van der Waals surface area (Å²) in [6.07, 6.45) is 0.0538. The predicted octanol–water partition coefficient (Wildman–Crippen LogP) is 5.08. The van der Waals surface area contributed by atoms with Crippen molar-refractivity contribution < 1.29 is 27.8 Å². The standard InChI is InChI=1S/C27H31F3N4OS.C2H4O2/c1-33-14-11-19(12-15-33)32-23-7-4-8-25-22(23)16-20(34(25)18-27(28,29)30)6-5-13-31-24-10-9-21(36-3)17-26(24)35-2;3-1-2-4/h4,7-10,16-17,19,31-32H,11-15,18H2,1-3H3;1,4H,2H2. The lowest BCUT2D eigenvalue weighted by Crippen LogP contribution is -2.36. The Kier molecular flexibility index (Phi) is 11.6. The quantitative estimate of drug-likeness (QED) is 0.196. The number of piperidine rings is 1. The number of benzene rings is 2. The third-order valence-electron chi connectivity index (χ3n) is 6.43. The Labute approximate surface area is 237 Å². The lowest BCUT2D eigenvalue weighted by molar-refractivity contribution is -0.140. The van der Waals surface area contributed by atoms with Gasteiger partial charge >= 0.3 is 6.18 Å². The zero-order valence-corrected chi connectivity index (χ0v) is 23.7. The van der Waals surface area contributed by atoms with Gasteiger partial charge in [-0.05, 0) is 81.6 Å². The molecule has 1 aliphatic heterocycles. The highest BCUT2D eigenvalue weighted by molar-refractivity contribution is 7.98. The van der Waals surface area contributed by atoms with Gasteiger partial charge in [0.25, 0.3) is 0 Å². The molecular weight excluding hydrogens is 541 g/mol. The van der Waals surface area contributed by atoms with E-state index in [1.807, 2.05) is 30.5 Å². The molecule has 1 aromatic heterocycles. The van der Waals surface area contributed by atoms with Crippen molar-refractivity contribution in [2.45, 2.75) is 36.5 Å². The Morgan fingerprint density at radius 1 is 1.18 bits per heavy atom. The maximum absolute atomic E-state index is 13.5. The number of methoxy groups -OCH3 is 1. The SMILES string of the molecule is COc1cc(SC)ccc1NCC#Cc1cc2c(NC3CCN(C)CC3)cccc2n1CC(F)(F)F.O=CCO. The van der Waals surface area contributed by atoms with Crippen molar-refractivity contribution in [3.63, 3.8) is 0 Å². The number of alkyl halides is 3. The van der Waals surface area contributed by atoms with Crippen molar-refractivity contribution in [1.82, 2.24) is 9.47 Å². The van der Waals surface area contributed by atoms with Crippen LogP contribution < -0.4 is 15.4 Å². The maximum Gasteiger partial charge on any atom is 0.406 e. The number of aromatic nitrogens is 1. The molecule has 2 heterocycles. The largest absolute Gasteiger partial charge is 0.495 e. The molecule has 0 amide bonds. The predicted molar refractivity (Wildman–Crippen MR) is 155 cm³/mol. The maximum atomic E-state index is 13.5. The molecular formula is C29H35F3N4O3S. The molecule has 11 heteroatoms. The number of aliphatic hydroxyl groups excluding tert-OH is 1. The molecule has 3 aromatic rings. The van der Waals surface area contributed by atoms with Gasteiger partial charge in [0.15, 0.2) is 0 Å². The second-order valence-electron chi connectivity index (χ2n) is 9.26. The van der Waals surface area contributed by atoms with E-state index in [1.165, 1.54) is 4.57 Å². The van der Waals surface area contributed by atoms with E-state index in [1.54, 1.807) is 37.1 Å². The van der Waals surface area contributed by atoms with Crippen LogP contribution in [0.1, 0.15) is 18.5 Å². The lowest BCUT2D eigenvalue weighted by Gasteiger charge is -2.30. The van der Waals surface area contributed by atoms with Crippen LogP contribution >= 0.6 is 11.8 Å². The molecule has 0 bridgehead atoms. The molecule has 4 rings (SSSR count). The molecule has 0 unspecified atom stereocenters. The van der Waals surface area contributed by atoms with Gasteiger partial charge in [-0.3, -0.25) is 0 Å². The number of anilines is 2. The molecule has 2 aromatic carbocycles. The van der Waals surface area contributed by atoms with E-state index in [0.29, 0.717) is 29.3 Å². The van der Waals surface area contributed by atoms with Gasteiger partial charge in [-0.1, -0.05) is 12.0 Å². The first-order chi connectivity index (χ1) is 19.2. The zero-order valence-electron chi connectivity index (χ0n) is 22.8. The van der Waals surface area contributed by atoms with Crippen molar-refractivity contribution in [3.8, 4) is 17.6 Å². The highest BCUT2D eigenvalue weighted by Crippen LogP contribution is 2.32. The van der Waals surface area contributed by atoms with Gasteiger partial charge in [-0.2, -0.15) is 13.2 Å². The number of carbonyl (C=O) groups excluding carboxylic acids is 1. The monoisotopic (exact) mass is 576 g/mol. The number of halogens is 3. The van der Waals surface area contributed by atoms with E-state index in [9.17, 15) is 13.2 Å². The molecule has 1 saturated heterocycles. The van der Waals surface area contributed by atoms with Gasteiger partial charge in [0, 0.05) is 22.0 Å². The van der Waals surface area contributed by atoms with Crippen molar-refractivity contribution in [2.24, 2.45) is 0 Å². The first-order valence-corrected chi connectivity index (χ1v) is 14.0. The number of rotatable bonds is 8. The molecule has 216 valence electrons. The summed E-state index contributed by atoms with van der Waals surface area (Å²) in [5.74, 6) is 6.64. The highest BCUT2D eigenvalue weighted by atomic mass is 32.2. The molecule has 7 nitrogen and oxygen atoms in total. The molecule has 1 fully saturated rings. The first kappa shape index (κ1) is 31.2. The summed E-state index contributed by atoms with van der Waals surface area (Å²) in [5.41, 5.74) is 2.50. The number of nitrogens with zero attached hydrogens (tertiary/aromatic N) is 2. The van der Waals surface area contributed by atoms with E-state index in [0.717, 1.165) is 47.6 Å². The number of hydrogen-bond donors (Lipinski definition) is 3. The van der Waals surface area contributed by atoms with Crippen LogP contribution in [-0.2, 0) is 11.3 Å². The van der Waals surface area contributed by atoms with Crippen LogP contribution in [0.4, 0.5) is 24.5 Å². The smallest absolute Gasteiger partial charge is 0.406 e. The van der Waals surface area contributed by atoms with Gasteiger partial charge in [-0.25, -0.2) is 0 Å². The second kappa shape index (κ2) is 14.9. The van der Waals surface area contributed by atoms with E-state index in [2.05, 4.69) is 34.4 Å². The summed E-state index contributed by atoms with van der Waals surface area (Å²) in [5, 5.41) is 15.0. The van der Waals surface area contributed by atoms with Crippen molar-refractivity contribution >= 4 is 40.3 Å². The van der Waals surface area contributed by atoms with Crippen molar-refractivity contribution in [3.05, 3.63) is 48.2 Å². The number of aliphatic hydroxyl groups is 1. The summed E-state index contributed by atoms with van der Waals surface area (Å²) in [6.45, 7) is 0.813. The van der Waals surface area contributed by atoms with Gasteiger partial charge in [0.05, 0.1) is 37.2 Å². The van der Waals surface area contributed by atoms with Crippen LogP contribution in [0, 0.1) is 11.8 Å². The summed E-state index contributed by atoms with van der Waals surface area (Å²) in [6, 6.07) is 13.3. The number of hydrogen-bond acceptors (Lipinski definition) is 7. The molecule has 1 aliphatic rings. The molecule has 0 spiro atoms. The minimum atomic E-state index is -4.36. The van der Waals surface area contributed by atoms with Crippen molar-refractivity contribution in [1.29, 1.82) is 0 Å². The molecule has 0 atom stereocenters. The molecule has 0 aliphatic carbocycles. The molecule has 3 N–H and O–H groups in total. The fraction of sp³-hybridized carbons (Fsp3) is 0.414. The summed E-state index contributed by atoms with van der Waals surface area (Å²) < 4.78 is 47.1. The fourth-order valence-electron chi connectivity index (χ4n) is 4.46. The number of thioether (sulfide) groups is 1. The Balaban J connectivity index is 0.00000103. The van der Waals surface area contributed by atoms with Gasteiger partial charge in [-0.15, -0.1) is 11.8 Å². The Hall–Kier alpha value is -3.33. The van der Waals surface area contributed by atoms with Crippen molar-refractivity contribution in [2.75, 3.05) is 57.3 Å². The Morgan fingerprint density at radius 3 is 2.52 bits per heavy atom. The number of carbonyl (C=O) groups is 1. The number of fused-ring (bicyclic) bond motifs is 1. The van der Waals surface area contributed by atoms with Crippen LogP contribution in [0.2, 0.25) is 0 Å². The summed E-state index contributed by atoms with van der Waals surface area (Å²) >= 11 is 1.61. The van der Waals surface area contributed by atoms with Crippen LogP contribution in [0.25, 0.3) is 10.9 Å². The number of likely N-dealkylation sites (tertiary alicyclic amines) is 1. The Morgan fingerprint density at radius 2 is 1.90 bits per heavy atom. The third-order valence-corrected chi connectivity index (χ3v) is 7.15. The average Bonchev–Trinajstić information content (AvgIpc) is 3.29. The van der Waals surface area contributed by atoms with E-state index >= 15 is 0 Å².